The van der Waals surface area contributed by atoms with Gasteiger partial charge < -0.3 is 10.6 Å². The normalized spacial score (nSPS) is 11.8. The van der Waals surface area contributed by atoms with E-state index in [1.807, 2.05) is 13.8 Å². The fraction of sp³-hybridized carbons (Fsp3) is 0.318. The first kappa shape index (κ1) is 24.6. The summed E-state index contributed by atoms with van der Waals surface area (Å²) in [5, 5.41) is 6.10. The number of hydrogen-bond acceptors (Lipinski definition) is 9. The van der Waals surface area contributed by atoms with Crippen LogP contribution in [0.5, 0.6) is 0 Å². The van der Waals surface area contributed by atoms with Crippen LogP contribution in [0.1, 0.15) is 32.5 Å². The van der Waals surface area contributed by atoms with Crippen LogP contribution in [0, 0.1) is 6.92 Å². The summed E-state index contributed by atoms with van der Waals surface area (Å²) in [5.41, 5.74) is 1.26. The standard InChI is InChI=1S/C22H27N5O4S2/c1-4-14-32(28,29)19-10-6-17(7-11-19)25-21-23-16(3)24-22(27-21)26-18-8-12-20(13-9-18)33(30,31)15-5-2/h6-13H,4-5,14-15H2,1-3H3,(H2,23,24,25,26,27). The number of benzene rings is 2. The lowest BCUT2D eigenvalue weighted by Gasteiger charge is -2.10. The first-order valence-electron chi connectivity index (χ1n) is 10.6. The molecule has 0 amide bonds. The summed E-state index contributed by atoms with van der Waals surface area (Å²) in [5.74, 6) is 1.26. The topological polar surface area (TPSA) is 131 Å². The highest BCUT2D eigenvalue weighted by Crippen LogP contribution is 2.21. The molecule has 176 valence electrons. The van der Waals surface area contributed by atoms with Gasteiger partial charge in [-0.3, -0.25) is 0 Å². The predicted octanol–water partition coefficient (Wildman–Crippen LogP) is 4.03. The summed E-state index contributed by atoms with van der Waals surface area (Å²) < 4.78 is 48.7. The third kappa shape index (κ3) is 6.48. The van der Waals surface area contributed by atoms with Crippen LogP contribution >= 0.6 is 0 Å². The Labute approximate surface area is 194 Å². The van der Waals surface area contributed by atoms with E-state index in [0.717, 1.165) is 0 Å². The summed E-state index contributed by atoms with van der Waals surface area (Å²) in [6.07, 6.45) is 1.11. The van der Waals surface area contributed by atoms with Crippen molar-refractivity contribution in [1.29, 1.82) is 0 Å². The van der Waals surface area contributed by atoms with Gasteiger partial charge in [-0.25, -0.2) is 16.8 Å². The van der Waals surface area contributed by atoms with Crippen molar-refractivity contribution in [3.8, 4) is 0 Å². The second-order valence-corrected chi connectivity index (χ2v) is 11.7. The van der Waals surface area contributed by atoms with E-state index in [9.17, 15) is 16.8 Å². The molecule has 0 fully saturated rings. The highest BCUT2D eigenvalue weighted by Gasteiger charge is 2.14. The molecule has 0 radical (unpaired) electrons. The van der Waals surface area contributed by atoms with Gasteiger partial charge in [-0.05, 0) is 68.3 Å². The summed E-state index contributed by atoms with van der Waals surface area (Å²) in [4.78, 5) is 13.4. The van der Waals surface area contributed by atoms with Gasteiger partial charge in [-0.2, -0.15) is 15.0 Å². The van der Waals surface area contributed by atoms with E-state index < -0.39 is 19.7 Å². The van der Waals surface area contributed by atoms with Crippen molar-refractivity contribution in [2.45, 2.75) is 43.4 Å². The molecule has 0 bridgehead atoms. The zero-order valence-electron chi connectivity index (χ0n) is 18.7. The zero-order valence-corrected chi connectivity index (χ0v) is 20.4. The Morgan fingerprint density at radius 1 is 0.636 bits per heavy atom. The Morgan fingerprint density at radius 2 is 1.00 bits per heavy atom. The molecule has 3 aromatic rings. The second-order valence-electron chi connectivity index (χ2n) is 7.47. The minimum Gasteiger partial charge on any atom is -0.324 e. The van der Waals surface area contributed by atoms with Gasteiger partial charge in [0, 0.05) is 11.4 Å². The Kier molecular flexibility index (Phi) is 7.65. The van der Waals surface area contributed by atoms with Crippen molar-refractivity contribution in [3.05, 3.63) is 54.4 Å². The molecule has 2 N–H and O–H groups in total. The molecule has 0 aliphatic heterocycles. The van der Waals surface area contributed by atoms with Gasteiger partial charge in [0.25, 0.3) is 0 Å². The average molecular weight is 490 g/mol. The number of sulfone groups is 2. The van der Waals surface area contributed by atoms with Gasteiger partial charge in [0.1, 0.15) is 5.82 Å². The monoisotopic (exact) mass is 489 g/mol. The van der Waals surface area contributed by atoms with Crippen LogP contribution < -0.4 is 10.6 Å². The number of hydrogen-bond donors (Lipinski definition) is 2. The van der Waals surface area contributed by atoms with Crippen molar-refractivity contribution in [1.82, 2.24) is 15.0 Å². The lowest BCUT2D eigenvalue weighted by molar-refractivity contribution is 0.593. The molecule has 0 spiro atoms. The molecular weight excluding hydrogens is 462 g/mol. The van der Waals surface area contributed by atoms with Crippen molar-refractivity contribution >= 4 is 42.9 Å². The lowest BCUT2D eigenvalue weighted by Crippen LogP contribution is -2.07. The second kappa shape index (κ2) is 10.3. The van der Waals surface area contributed by atoms with Crippen LogP contribution in [0.15, 0.2) is 58.3 Å². The number of aromatic nitrogens is 3. The molecule has 1 aromatic heterocycles. The van der Waals surface area contributed by atoms with Crippen molar-refractivity contribution in [2.75, 3.05) is 22.1 Å². The molecule has 0 saturated heterocycles. The molecular formula is C22H27N5O4S2. The Balaban J connectivity index is 1.75. The Morgan fingerprint density at radius 3 is 1.33 bits per heavy atom. The van der Waals surface area contributed by atoms with Crippen molar-refractivity contribution in [3.63, 3.8) is 0 Å². The van der Waals surface area contributed by atoms with Crippen LogP contribution in [-0.4, -0.2) is 43.3 Å². The van der Waals surface area contributed by atoms with E-state index in [1.165, 1.54) is 0 Å². The number of aryl methyl sites for hydroxylation is 1. The van der Waals surface area contributed by atoms with Crippen LogP contribution in [-0.2, 0) is 19.7 Å². The maximum absolute atomic E-state index is 12.2. The molecule has 2 aromatic carbocycles. The van der Waals surface area contributed by atoms with Gasteiger partial charge in [0.15, 0.2) is 19.7 Å². The minimum atomic E-state index is -3.28. The van der Waals surface area contributed by atoms with Crippen molar-refractivity contribution < 1.29 is 16.8 Å². The van der Waals surface area contributed by atoms with Crippen LogP contribution in [0.3, 0.4) is 0 Å². The quantitative estimate of drug-likeness (QED) is 0.433. The van der Waals surface area contributed by atoms with Gasteiger partial charge in [0.2, 0.25) is 11.9 Å². The maximum atomic E-state index is 12.2. The Hall–Kier alpha value is -3.05. The first-order chi connectivity index (χ1) is 15.6. The van der Waals surface area contributed by atoms with E-state index in [2.05, 4.69) is 25.6 Å². The summed E-state index contributed by atoms with van der Waals surface area (Å²) in [7, 11) is -6.56. The molecule has 0 atom stereocenters. The molecule has 9 nitrogen and oxygen atoms in total. The van der Waals surface area contributed by atoms with E-state index in [0.29, 0.717) is 30.0 Å². The van der Waals surface area contributed by atoms with E-state index in [4.69, 9.17) is 0 Å². The highest BCUT2D eigenvalue weighted by atomic mass is 32.2. The fourth-order valence-electron chi connectivity index (χ4n) is 3.12. The number of rotatable bonds is 10. The van der Waals surface area contributed by atoms with E-state index in [1.54, 1.807) is 55.5 Å². The lowest BCUT2D eigenvalue weighted by atomic mass is 10.3. The van der Waals surface area contributed by atoms with Gasteiger partial charge >= 0.3 is 0 Å². The van der Waals surface area contributed by atoms with E-state index >= 15 is 0 Å². The average Bonchev–Trinajstić information content (AvgIpc) is 2.74. The minimum absolute atomic E-state index is 0.104. The summed E-state index contributed by atoms with van der Waals surface area (Å²) in [6, 6.07) is 12.8. The molecule has 0 aliphatic carbocycles. The van der Waals surface area contributed by atoms with E-state index in [-0.39, 0.29) is 33.2 Å². The third-order valence-corrected chi connectivity index (χ3v) is 8.50. The fourth-order valence-corrected chi connectivity index (χ4v) is 5.76. The molecule has 0 unspecified atom stereocenters. The molecule has 1 heterocycles. The third-order valence-electron chi connectivity index (χ3n) is 4.63. The highest BCUT2D eigenvalue weighted by molar-refractivity contribution is 7.91. The van der Waals surface area contributed by atoms with Crippen LogP contribution in [0.2, 0.25) is 0 Å². The summed E-state index contributed by atoms with van der Waals surface area (Å²) in [6.45, 7) is 5.37. The number of nitrogens with one attached hydrogen (secondary N) is 2. The van der Waals surface area contributed by atoms with Crippen LogP contribution in [0.4, 0.5) is 23.3 Å². The molecule has 0 aliphatic rings. The summed E-state index contributed by atoms with van der Waals surface area (Å²) >= 11 is 0. The molecule has 11 heteroatoms. The molecule has 0 saturated carbocycles. The maximum Gasteiger partial charge on any atom is 0.232 e. The SMILES string of the molecule is CCCS(=O)(=O)c1ccc(Nc2nc(C)nc(Nc3ccc(S(=O)(=O)CCC)cc3)n2)cc1. The molecule has 3 rings (SSSR count). The first-order valence-corrected chi connectivity index (χ1v) is 13.9. The Bertz CT molecular complexity index is 1210. The van der Waals surface area contributed by atoms with Gasteiger partial charge in [-0.1, -0.05) is 13.8 Å². The number of anilines is 4. The van der Waals surface area contributed by atoms with Crippen LogP contribution in [0.25, 0.3) is 0 Å². The van der Waals surface area contributed by atoms with Gasteiger partial charge in [-0.15, -0.1) is 0 Å². The zero-order chi connectivity index (χ0) is 24.1. The molecule has 33 heavy (non-hydrogen) atoms. The largest absolute Gasteiger partial charge is 0.324 e. The predicted molar refractivity (Wildman–Crippen MR) is 129 cm³/mol. The smallest absolute Gasteiger partial charge is 0.232 e. The van der Waals surface area contributed by atoms with Gasteiger partial charge in [0.05, 0.1) is 21.3 Å². The van der Waals surface area contributed by atoms with Crippen molar-refractivity contribution in [2.24, 2.45) is 0 Å². The number of nitrogens with zero attached hydrogens (tertiary/aromatic N) is 3.